The molecule has 2 rings (SSSR count). The van der Waals surface area contributed by atoms with Crippen LogP contribution in [0.5, 0.6) is 0 Å². The van der Waals surface area contributed by atoms with Gasteiger partial charge in [-0.05, 0) is 42.5 Å². The van der Waals surface area contributed by atoms with Gasteiger partial charge in [-0.2, -0.15) is 0 Å². The number of sulfonamides is 1. The second kappa shape index (κ2) is 7.91. The molecule has 0 radical (unpaired) electrons. The van der Waals surface area contributed by atoms with Crippen molar-refractivity contribution in [2.45, 2.75) is 4.90 Å². The zero-order valence-corrected chi connectivity index (χ0v) is 14.3. The van der Waals surface area contributed by atoms with E-state index in [-0.39, 0.29) is 17.8 Å². The molecule has 10 heteroatoms. The minimum absolute atomic E-state index is 0.110. The van der Waals surface area contributed by atoms with Crippen LogP contribution in [0.25, 0.3) is 0 Å². The minimum Gasteiger partial charge on any atom is -0.468 e. The number of halogens is 2. The molecule has 0 heterocycles. The molecule has 0 saturated heterocycles. The van der Waals surface area contributed by atoms with Crippen molar-refractivity contribution in [1.29, 1.82) is 0 Å². The van der Waals surface area contributed by atoms with Crippen molar-refractivity contribution in [3.8, 4) is 0 Å². The number of hydrogen-bond acceptors (Lipinski definition) is 5. The molecule has 0 fully saturated rings. The summed E-state index contributed by atoms with van der Waals surface area (Å²) in [5.41, 5.74) is 0.295. The van der Waals surface area contributed by atoms with Crippen molar-refractivity contribution in [2.24, 2.45) is 0 Å². The second-order valence-corrected chi connectivity index (χ2v) is 6.70. The quantitative estimate of drug-likeness (QED) is 0.738. The fourth-order valence-corrected chi connectivity index (χ4v) is 2.94. The average Bonchev–Trinajstić information content (AvgIpc) is 2.61. The fraction of sp³-hybridized carbons (Fsp3) is 0.125. The summed E-state index contributed by atoms with van der Waals surface area (Å²) in [4.78, 5) is 22.3. The van der Waals surface area contributed by atoms with Gasteiger partial charge in [0.1, 0.15) is 6.54 Å². The molecule has 0 aliphatic heterocycles. The van der Waals surface area contributed by atoms with E-state index in [2.05, 4.69) is 14.8 Å². The lowest BCUT2D eigenvalue weighted by Gasteiger charge is -2.09. The number of benzene rings is 2. The average molecular weight is 384 g/mol. The lowest BCUT2D eigenvalue weighted by molar-refractivity contribution is -0.139. The van der Waals surface area contributed by atoms with Crippen LogP contribution in [0.15, 0.2) is 47.4 Å². The maximum absolute atomic E-state index is 13.2. The van der Waals surface area contributed by atoms with Crippen molar-refractivity contribution in [2.75, 3.05) is 18.4 Å². The number of carbonyl (C=O) groups is 2. The predicted molar refractivity (Wildman–Crippen MR) is 88.0 cm³/mol. The van der Waals surface area contributed by atoms with Crippen LogP contribution < -0.4 is 10.0 Å². The smallest absolute Gasteiger partial charge is 0.325 e. The van der Waals surface area contributed by atoms with Gasteiger partial charge in [0.05, 0.1) is 12.0 Å². The summed E-state index contributed by atoms with van der Waals surface area (Å²) >= 11 is 0. The predicted octanol–water partition coefficient (Wildman–Crippen LogP) is 1.67. The molecule has 0 aliphatic carbocycles. The van der Waals surface area contributed by atoms with E-state index in [9.17, 15) is 26.8 Å². The molecule has 0 saturated carbocycles. The molecule has 2 aromatic carbocycles. The van der Waals surface area contributed by atoms with Gasteiger partial charge in [-0.3, -0.25) is 14.3 Å². The van der Waals surface area contributed by atoms with E-state index in [1.165, 1.54) is 31.4 Å². The number of amides is 1. The summed E-state index contributed by atoms with van der Waals surface area (Å²) in [6.07, 6.45) is 0. The van der Waals surface area contributed by atoms with Crippen molar-refractivity contribution < 1.29 is 31.5 Å². The Labute approximate surface area is 148 Å². The number of ether oxygens (including phenoxy) is 1. The molecule has 138 valence electrons. The molecule has 0 unspecified atom stereocenters. The van der Waals surface area contributed by atoms with Crippen LogP contribution in [0.2, 0.25) is 0 Å². The molecule has 0 aliphatic rings. The van der Waals surface area contributed by atoms with Crippen LogP contribution >= 0.6 is 0 Å². The van der Waals surface area contributed by atoms with Gasteiger partial charge in [0, 0.05) is 11.3 Å². The third-order valence-corrected chi connectivity index (χ3v) is 4.60. The van der Waals surface area contributed by atoms with E-state index >= 15 is 0 Å². The van der Waals surface area contributed by atoms with Gasteiger partial charge in [-0.25, -0.2) is 17.2 Å². The Bertz CT molecular complexity index is 930. The van der Waals surface area contributed by atoms with Crippen molar-refractivity contribution in [3.63, 3.8) is 0 Å². The Balaban J connectivity index is 2.09. The molecular formula is C16H14F2N2O5S. The number of hydrogen-bond donors (Lipinski definition) is 2. The highest BCUT2D eigenvalue weighted by Crippen LogP contribution is 2.18. The topological polar surface area (TPSA) is 102 Å². The summed E-state index contributed by atoms with van der Waals surface area (Å²) < 4.78 is 57.0. The van der Waals surface area contributed by atoms with Gasteiger partial charge in [0.25, 0.3) is 15.9 Å². The maximum Gasteiger partial charge on any atom is 0.325 e. The highest BCUT2D eigenvalue weighted by atomic mass is 32.2. The number of carbonyl (C=O) groups excluding carboxylic acids is 2. The van der Waals surface area contributed by atoms with E-state index in [4.69, 9.17) is 0 Å². The summed E-state index contributed by atoms with van der Waals surface area (Å²) in [6.45, 7) is -0.306. The lowest BCUT2D eigenvalue weighted by atomic mass is 10.2. The summed E-state index contributed by atoms with van der Waals surface area (Å²) in [6, 6.07) is 7.47. The lowest BCUT2D eigenvalue weighted by Crippen LogP contribution is -2.30. The summed E-state index contributed by atoms with van der Waals surface area (Å²) in [5.74, 6) is -3.61. The van der Waals surface area contributed by atoms with Crippen LogP contribution in [-0.2, 0) is 19.6 Å². The van der Waals surface area contributed by atoms with Crippen molar-refractivity contribution in [1.82, 2.24) is 5.32 Å². The van der Waals surface area contributed by atoms with E-state index in [1.807, 2.05) is 0 Å². The van der Waals surface area contributed by atoms with Crippen LogP contribution in [0.1, 0.15) is 10.4 Å². The van der Waals surface area contributed by atoms with Crippen molar-refractivity contribution >= 4 is 27.6 Å². The number of esters is 1. The molecule has 0 bridgehead atoms. The van der Waals surface area contributed by atoms with Crippen molar-refractivity contribution in [3.05, 3.63) is 59.7 Å². The first-order valence-corrected chi connectivity index (χ1v) is 8.64. The third kappa shape index (κ3) is 4.76. The van der Waals surface area contributed by atoms with Crippen LogP contribution in [-0.4, -0.2) is 33.9 Å². The Morgan fingerprint density at radius 1 is 1.04 bits per heavy atom. The molecule has 26 heavy (non-hydrogen) atoms. The molecule has 0 atom stereocenters. The largest absolute Gasteiger partial charge is 0.468 e. The van der Waals surface area contributed by atoms with E-state index in [0.717, 1.165) is 6.07 Å². The second-order valence-electron chi connectivity index (χ2n) is 5.02. The summed E-state index contributed by atoms with van der Waals surface area (Å²) in [7, 11) is -2.95. The molecule has 7 nitrogen and oxygen atoms in total. The van der Waals surface area contributed by atoms with Crippen LogP contribution in [0, 0.1) is 11.6 Å². The third-order valence-electron chi connectivity index (χ3n) is 3.22. The van der Waals surface area contributed by atoms with Gasteiger partial charge in [0.2, 0.25) is 0 Å². The van der Waals surface area contributed by atoms with Crippen LogP contribution in [0.3, 0.4) is 0 Å². The maximum atomic E-state index is 13.2. The minimum atomic E-state index is -4.13. The SMILES string of the molecule is COC(=O)CNC(=O)c1ccc(NS(=O)(=O)c2ccc(F)c(F)c2)cc1. The van der Waals surface area contributed by atoms with E-state index < -0.39 is 38.4 Å². The molecule has 0 spiro atoms. The first kappa shape index (κ1) is 19.3. The highest BCUT2D eigenvalue weighted by molar-refractivity contribution is 7.92. The van der Waals surface area contributed by atoms with Gasteiger partial charge in [-0.1, -0.05) is 0 Å². The number of methoxy groups -OCH3 is 1. The van der Waals surface area contributed by atoms with Crippen LogP contribution in [0.4, 0.5) is 14.5 Å². The van der Waals surface area contributed by atoms with Gasteiger partial charge in [0.15, 0.2) is 11.6 Å². The number of nitrogens with one attached hydrogen (secondary N) is 2. The Morgan fingerprint density at radius 2 is 1.69 bits per heavy atom. The molecule has 2 N–H and O–H groups in total. The first-order chi connectivity index (χ1) is 12.2. The van der Waals surface area contributed by atoms with Gasteiger partial charge in [-0.15, -0.1) is 0 Å². The monoisotopic (exact) mass is 384 g/mol. The Hall–Kier alpha value is -3.01. The van der Waals surface area contributed by atoms with Gasteiger partial charge < -0.3 is 10.1 Å². The zero-order chi connectivity index (χ0) is 19.3. The van der Waals surface area contributed by atoms with E-state index in [0.29, 0.717) is 12.1 Å². The summed E-state index contributed by atoms with van der Waals surface area (Å²) in [5, 5.41) is 2.33. The molecular weight excluding hydrogens is 370 g/mol. The normalized spacial score (nSPS) is 10.9. The molecule has 0 aromatic heterocycles. The molecule has 1 amide bonds. The zero-order valence-electron chi connectivity index (χ0n) is 13.5. The number of anilines is 1. The first-order valence-electron chi connectivity index (χ1n) is 7.16. The Morgan fingerprint density at radius 3 is 2.27 bits per heavy atom. The van der Waals surface area contributed by atoms with Gasteiger partial charge >= 0.3 is 5.97 Å². The molecule has 2 aromatic rings. The standard InChI is InChI=1S/C16H14F2N2O5S/c1-25-15(21)9-19-16(22)10-2-4-11(5-3-10)20-26(23,24)12-6-7-13(17)14(18)8-12/h2-8,20H,9H2,1H3,(H,19,22). The highest BCUT2D eigenvalue weighted by Gasteiger charge is 2.17. The van der Waals surface area contributed by atoms with E-state index in [1.54, 1.807) is 0 Å². The number of rotatable bonds is 6. The fourth-order valence-electron chi connectivity index (χ4n) is 1.87. The Kier molecular flexibility index (Phi) is 5.88.